The molecular weight excluding hydrogens is 326 g/mol. The molecule has 1 aromatic carbocycles. The number of pyridine rings is 1. The third-order valence-corrected chi connectivity index (χ3v) is 5.07. The Bertz CT molecular complexity index is 553. The van der Waals surface area contributed by atoms with Gasteiger partial charge in [0, 0.05) is 56.1 Å². The molecule has 1 atom stereocenters. The van der Waals surface area contributed by atoms with E-state index in [-0.39, 0.29) is 12.4 Å². The molecule has 0 spiro atoms. The molecule has 1 fully saturated rings. The van der Waals surface area contributed by atoms with Gasteiger partial charge >= 0.3 is 0 Å². The number of halogens is 1. The highest BCUT2D eigenvalue weighted by Gasteiger charge is 2.23. The third kappa shape index (κ3) is 5.50. The molecule has 0 radical (unpaired) electrons. The monoisotopic (exact) mass is 349 g/mol. The molecule has 3 nitrogen and oxygen atoms in total. The van der Waals surface area contributed by atoms with Crippen molar-refractivity contribution in [1.82, 2.24) is 15.2 Å². The van der Waals surface area contributed by atoms with Gasteiger partial charge in [-0.05, 0) is 17.2 Å². The van der Waals surface area contributed by atoms with Gasteiger partial charge in [-0.2, -0.15) is 11.8 Å². The van der Waals surface area contributed by atoms with Crippen LogP contribution in [0.3, 0.4) is 0 Å². The molecule has 1 N–H and O–H groups in total. The van der Waals surface area contributed by atoms with E-state index in [2.05, 4.69) is 51.6 Å². The van der Waals surface area contributed by atoms with Gasteiger partial charge in [0.05, 0.1) is 0 Å². The van der Waals surface area contributed by atoms with E-state index < -0.39 is 0 Å². The highest BCUT2D eigenvalue weighted by Crippen LogP contribution is 2.22. The topological polar surface area (TPSA) is 28.2 Å². The van der Waals surface area contributed by atoms with E-state index >= 15 is 0 Å². The van der Waals surface area contributed by atoms with Crippen LogP contribution in [-0.2, 0) is 5.75 Å². The summed E-state index contributed by atoms with van der Waals surface area (Å²) < 4.78 is 0. The molecule has 1 aliphatic rings. The Morgan fingerprint density at radius 3 is 2.83 bits per heavy atom. The Kier molecular flexibility index (Phi) is 7.89. The molecule has 23 heavy (non-hydrogen) atoms. The summed E-state index contributed by atoms with van der Waals surface area (Å²) in [6, 6.07) is 15.4. The van der Waals surface area contributed by atoms with E-state index in [1.54, 1.807) is 0 Å². The van der Waals surface area contributed by atoms with E-state index in [9.17, 15) is 0 Å². The second-order valence-electron chi connectivity index (χ2n) is 5.58. The van der Waals surface area contributed by atoms with Crippen LogP contribution >= 0.6 is 24.2 Å². The normalized spacial score (nSPS) is 18.3. The van der Waals surface area contributed by atoms with Gasteiger partial charge in [0.1, 0.15) is 0 Å². The zero-order valence-electron chi connectivity index (χ0n) is 13.2. The summed E-state index contributed by atoms with van der Waals surface area (Å²) in [6.45, 7) is 4.36. The average molecular weight is 350 g/mol. The van der Waals surface area contributed by atoms with Crippen molar-refractivity contribution in [2.45, 2.75) is 11.8 Å². The van der Waals surface area contributed by atoms with Crippen molar-refractivity contribution in [3.8, 4) is 0 Å². The van der Waals surface area contributed by atoms with E-state index in [4.69, 9.17) is 0 Å². The molecule has 2 aromatic rings. The van der Waals surface area contributed by atoms with Crippen molar-refractivity contribution in [3.63, 3.8) is 0 Å². The minimum atomic E-state index is 0. The highest BCUT2D eigenvalue weighted by atomic mass is 35.5. The standard InChI is InChI=1S/C18H23N3S.ClH/c1-2-5-16(6-3-1)15-22-12-11-21-10-9-20-14-18(21)17-7-4-8-19-13-17;/h1-8,13,18,20H,9-12,14-15H2;1H. The number of piperazine rings is 1. The molecule has 124 valence electrons. The van der Waals surface area contributed by atoms with Crippen molar-refractivity contribution in [3.05, 3.63) is 66.0 Å². The van der Waals surface area contributed by atoms with Crippen molar-refractivity contribution in [2.24, 2.45) is 0 Å². The van der Waals surface area contributed by atoms with E-state index in [1.807, 2.05) is 30.2 Å². The molecule has 1 aliphatic heterocycles. The minimum absolute atomic E-state index is 0. The number of nitrogens with one attached hydrogen (secondary N) is 1. The molecule has 3 rings (SSSR count). The van der Waals surface area contributed by atoms with Crippen molar-refractivity contribution in [2.75, 3.05) is 31.9 Å². The van der Waals surface area contributed by atoms with Crippen molar-refractivity contribution in [1.29, 1.82) is 0 Å². The first-order valence-electron chi connectivity index (χ1n) is 7.90. The summed E-state index contributed by atoms with van der Waals surface area (Å²) in [7, 11) is 0. The van der Waals surface area contributed by atoms with Gasteiger partial charge in [-0.25, -0.2) is 0 Å². The summed E-state index contributed by atoms with van der Waals surface area (Å²) in [5.41, 5.74) is 2.74. The van der Waals surface area contributed by atoms with E-state index in [0.29, 0.717) is 6.04 Å². The molecule has 0 amide bonds. The zero-order valence-corrected chi connectivity index (χ0v) is 14.9. The molecule has 5 heteroatoms. The average Bonchev–Trinajstić information content (AvgIpc) is 2.61. The number of hydrogen-bond donors (Lipinski definition) is 1. The Labute approximate surface area is 149 Å². The number of rotatable bonds is 6. The lowest BCUT2D eigenvalue weighted by Crippen LogP contribution is -2.46. The molecule has 0 saturated carbocycles. The lowest BCUT2D eigenvalue weighted by molar-refractivity contribution is 0.172. The van der Waals surface area contributed by atoms with Crippen LogP contribution in [-0.4, -0.2) is 41.8 Å². The van der Waals surface area contributed by atoms with E-state index in [0.717, 1.165) is 31.9 Å². The van der Waals surface area contributed by atoms with Gasteiger partial charge < -0.3 is 5.32 Å². The summed E-state index contributed by atoms with van der Waals surface area (Å²) in [6.07, 6.45) is 3.85. The Morgan fingerprint density at radius 1 is 1.17 bits per heavy atom. The summed E-state index contributed by atoms with van der Waals surface area (Å²) >= 11 is 2.02. The molecule has 1 unspecified atom stereocenters. The third-order valence-electron chi connectivity index (χ3n) is 4.06. The van der Waals surface area contributed by atoms with E-state index in [1.165, 1.54) is 16.9 Å². The lowest BCUT2D eigenvalue weighted by Gasteiger charge is -2.36. The van der Waals surface area contributed by atoms with Crippen LogP contribution in [0.2, 0.25) is 0 Å². The first kappa shape index (κ1) is 18.3. The van der Waals surface area contributed by atoms with Crippen LogP contribution in [0.15, 0.2) is 54.9 Å². The SMILES string of the molecule is Cl.c1ccc(CSCCN2CCNCC2c2cccnc2)cc1. The van der Waals surface area contributed by atoms with Crippen LogP contribution in [0, 0.1) is 0 Å². The molecule has 1 aromatic heterocycles. The minimum Gasteiger partial charge on any atom is -0.314 e. The lowest BCUT2D eigenvalue weighted by atomic mass is 10.1. The maximum atomic E-state index is 4.27. The van der Waals surface area contributed by atoms with Gasteiger partial charge in [-0.15, -0.1) is 12.4 Å². The van der Waals surface area contributed by atoms with Crippen molar-refractivity contribution < 1.29 is 0 Å². The summed E-state index contributed by atoms with van der Waals surface area (Å²) in [5, 5.41) is 3.50. The predicted molar refractivity (Wildman–Crippen MR) is 101 cm³/mol. The Hall–Kier alpha value is -1.07. The summed E-state index contributed by atoms with van der Waals surface area (Å²) in [4.78, 5) is 6.86. The van der Waals surface area contributed by atoms with Crippen LogP contribution in [0.25, 0.3) is 0 Å². The van der Waals surface area contributed by atoms with Gasteiger partial charge in [-0.1, -0.05) is 36.4 Å². The number of benzene rings is 1. The van der Waals surface area contributed by atoms with Gasteiger partial charge in [-0.3, -0.25) is 9.88 Å². The molecule has 0 bridgehead atoms. The maximum absolute atomic E-state index is 4.27. The second kappa shape index (κ2) is 9.93. The van der Waals surface area contributed by atoms with Crippen LogP contribution in [0.4, 0.5) is 0 Å². The highest BCUT2D eigenvalue weighted by molar-refractivity contribution is 7.98. The molecule has 2 heterocycles. The number of hydrogen-bond acceptors (Lipinski definition) is 4. The Balaban J connectivity index is 0.00000192. The molecule has 1 saturated heterocycles. The van der Waals surface area contributed by atoms with Crippen molar-refractivity contribution >= 4 is 24.2 Å². The predicted octanol–water partition coefficient (Wildman–Crippen LogP) is 3.38. The van der Waals surface area contributed by atoms with Crippen LogP contribution < -0.4 is 5.32 Å². The van der Waals surface area contributed by atoms with Crippen LogP contribution in [0.5, 0.6) is 0 Å². The van der Waals surface area contributed by atoms with Gasteiger partial charge in [0.15, 0.2) is 0 Å². The fourth-order valence-electron chi connectivity index (χ4n) is 2.86. The fraction of sp³-hybridized carbons (Fsp3) is 0.389. The number of nitrogens with zero attached hydrogens (tertiary/aromatic N) is 2. The smallest absolute Gasteiger partial charge is 0.0488 e. The largest absolute Gasteiger partial charge is 0.314 e. The number of thioether (sulfide) groups is 1. The first-order valence-corrected chi connectivity index (χ1v) is 9.05. The van der Waals surface area contributed by atoms with Crippen LogP contribution in [0.1, 0.15) is 17.2 Å². The van der Waals surface area contributed by atoms with Gasteiger partial charge in [0.25, 0.3) is 0 Å². The quantitative estimate of drug-likeness (QED) is 0.809. The maximum Gasteiger partial charge on any atom is 0.0488 e. The molecule has 0 aliphatic carbocycles. The second-order valence-corrected chi connectivity index (χ2v) is 6.69. The Morgan fingerprint density at radius 2 is 2.04 bits per heavy atom. The fourth-order valence-corrected chi connectivity index (χ4v) is 3.80. The van der Waals surface area contributed by atoms with Gasteiger partial charge in [0.2, 0.25) is 0 Å². The molecular formula is C18H24ClN3S. The zero-order chi connectivity index (χ0) is 15.0. The summed E-state index contributed by atoms with van der Waals surface area (Å²) in [5.74, 6) is 2.27. The number of aromatic nitrogens is 1. The first-order chi connectivity index (χ1) is 10.9.